The zero-order valence-corrected chi connectivity index (χ0v) is 11.5. The number of primary amides is 1. The third-order valence-electron chi connectivity index (χ3n) is 2.84. The number of carbonyl (C=O) groups excluding carboxylic acids is 2. The van der Waals surface area contributed by atoms with E-state index in [9.17, 15) is 9.59 Å². The van der Waals surface area contributed by atoms with E-state index in [1.807, 2.05) is 0 Å². The molecule has 0 saturated heterocycles. The highest BCUT2D eigenvalue weighted by molar-refractivity contribution is 6.30. The summed E-state index contributed by atoms with van der Waals surface area (Å²) in [6.07, 6.45) is 0. The van der Waals surface area contributed by atoms with Gasteiger partial charge in [0.25, 0.3) is 0 Å². The minimum absolute atomic E-state index is 0.0874. The largest absolute Gasteiger partial charge is 0.368 e. The smallest absolute Gasteiger partial charge is 0.237 e. The second kappa shape index (κ2) is 5.40. The Kier molecular flexibility index (Phi) is 4.35. The normalized spacial score (nSPS) is 11.1. The SMILES string of the molecule is CN(CC(N)=O)C(=O)C(C)(C)c1ccc(Cl)cc1. The molecule has 0 spiro atoms. The first kappa shape index (κ1) is 14.5. The van der Waals surface area contributed by atoms with E-state index in [4.69, 9.17) is 17.3 Å². The second-order valence-corrected chi connectivity index (χ2v) is 5.20. The summed E-state index contributed by atoms with van der Waals surface area (Å²) in [6, 6.07) is 7.08. The molecule has 0 aliphatic carbocycles. The lowest BCUT2D eigenvalue weighted by Gasteiger charge is -2.29. The number of nitrogens with zero attached hydrogens (tertiary/aromatic N) is 1. The molecule has 0 saturated carbocycles. The molecule has 0 bridgehead atoms. The first-order valence-electron chi connectivity index (χ1n) is 5.55. The van der Waals surface area contributed by atoms with Crippen LogP contribution in [0, 0.1) is 0 Å². The summed E-state index contributed by atoms with van der Waals surface area (Å²) in [4.78, 5) is 24.4. The molecule has 4 nitrogen and oxygen atoms in total. The molecule has 5 heteroatoms. The van der Waals surface area contributed by atoms with Crippen LogP contribution in [0.1, 0.15) is 19.4 Å². The van der Waals surface area contributed by atoms with Crippen molar-refractivity contribution in [2.75, 3.05) is 13.6 Å². The van der Waals surface area contributed by atoms with Crippen LogP contribution in [0.5, 0.6) is 0 Å². The maximum absolute atomic E-state index is 12.3. The number of hydrogen-bond donors (Lipinski definition) is 1. The molecular weight excluding hydrogens is 252 g/mol. The van der Waals surface area contributed by atoms with Crippen LogP contribution >= 0.6 is 11.6 Å². The van der Waals surface area contributed by atoms with Crippen molar-refractivity contribution < 1.29 is 9.59 Å². The Hall–Kier alpha value is -1.55. The van der Waals surface area contributed by atoms with Crippen molar-refractivity contribution in [1.82, 2.24) is 4.90 Å². The van der Waals surface area contributed by atoms with E-state index in [2.05, 4.69) is 0 Å². The number of halogens is 1. The van der Waals surface area contributed by atoms with Crippen molar-refractivity contribution in [2.45, 2.75) is 19.3 Å². The Morgan fingerprint density at radius 1 is 1.28 bits per heavy atom. The fraction of sp³-hybridized carbons (Fsp3) is 0.385. The Morgan fingerprint density at radius 3 is 2.22 bits per heavy atom. The van der Waals surface area contributed by atoms with Gasteiger partial charge in [-0.3, -0.25) is 9.59 Å². The number of hydrogen-bond acceptors (Lipinski definition) is 2. The van der Waals surface area contributed by atoms with Gasteiger partial charge in [0.1, 0.15) is 0 Å². The monoisotopic (exact) mass is 268 g/mol. The van der Waals surface area contributed by atoms with Crippen LogP contribution in [0.15, 0.2) is 24.3 Å². The first-order chi connectivity index (χ1) is 8.25. The first-order valence-corrected chi connectivity index (χ1v) is 5.93. The van der Waals surface area contributed by atoms with Gasteiger partial charge in [-0.05, 0) is 31.5 Å². The van der Waals surface area contributed by atoms with E-state index in [1.165, 1.54) is 4.90 Å². The van der Waals surface area contributed by atoms with Crippen molar-refractivity contribution in [3.05, 3.63) is 34.9 Å². The highest BCUT2D eigenvalue weighted by atomic mass is 35.5. The molecule has 2 amide bonds. The molecule has 0 aliphatic rings. The lowest BCUT2D eigenvalue weighted by Crippen LogP contribution is -2.44. The minimum atomic E-state index is -0.727. The molecule has 98 valence electrons. The number of carbonyl (C=O) groups is 2. The molecule has 0 aromatic heterocycles. The summed E-state index contributed by atoms with van der Waals surface area (Å²) in [5.41, 5.74) is 5.20. The van der Waals surface area contributed by atoms with Gasteiger partial charge in [-0.2, -0.15) is 0 Å². The fourth-order valence-electron chi connectivity index (χ4n) is 1.77. The van der Waals surface area contributed by atoms with Crippen LogP contribution in [0.3, 0.4) is 0 Å². The third-order valence-corrected chi connectivity index (χ3v) is 3.09. The van der Waals surface area contributed by atoms with Gasteiger partial charge in [0.05, 0.1) is 12.0 Å². The van der Waals surface area contributed by atoms with E-state index in [-0.39, 0.29) is 12.5 Å². The zero-order valence-electron chi connectivity index (χ0n) is 10.7. The van der Waals surface area contributed by atoms with Gasteiger partial charge in [-0.15, -0.1) is 0 Å². The van der Waals surface area contributed by atoms with Gasteiger partial charge in [0.2, 0.25) is 11.8 Å². The predicted octanol–water partition coefficient (Wildman–Crippen LogP) is 1.56. The average Bonchev–Trinajstić information content (AvgIpc) is 2.27. The highest BCUT2D eigenvalue weighted by Crippen LogP contribution is 2.26. The van der Waals surface area contributed by atoms with Crippen molar-refractivity contribution in [3.8, 4) is 0 Å². The van der Waals surface area contributed by atoms with Crippen molar-refractivity contribution in [2.24, 2.45) is 5.73 Å². The summed E-state index contributed by atoms with van der Waals surface area (Å²) < 4.78 is 0. The quantitative estimate of drug-likeness (QED) is 0.901. The highest BCUT2D eigenvalue weighted by Gasteiger charge is 2.32. The molecule has 1 aromatic carbocycles. The Balaban J connectivity index is 2.95. The van der Waals surface area contributed by atoms with Crippen LogP contribution in [0.2, 0.25) is 5.02 Å². The van der Waals surface area contributed by atoms with Crippen molar-refractivity contribution in [1.29, 1.82) is 0 Å². The Bertz CT molecular complexity index is 455. The summed E-state index contributed by atoms with van der Waals surface area (Å²) in [7, 11) is 1.56. The standard InChI is InChI=1S/C13H17ClN2O2/c1-13(2,9-4-6-10(14)7-5-9)12(18)16(3)8-11(15)17/h4-7H,8H2,1-3H3,(H2,15,17). The maximum atomic E-state index is 12.3. The van der Waals surface area contributed by atoms with Crippen LogP contribution in [-0.4, -0.2) is 30.3 Å². The van der Waals surface area contributed by atoms with Crippen molar-refractivity contribution >= 4 is 23.4 Å². The average molecular weight is 269 g/mol. The molecule has 1 rings (SSSR count). The van der Waals surface area contributed by atoms with Gasteiger partial charge in [0, 0.05) is 12.1 Å². The number of nitrogens with two attached hydrogens (primary N) is 1. The summed E-state index contributed by atoms with van der Waals surface area (Å²) in [5, 5.41) is 0.618. The molecule has 0 unspecified atom stereocenters. The van der Waals surface area contributed by atoms with E-state index < -0.39 is 11.3 Å². The third kappa shape index (κ3) is 3.23. The minimum Gasteiger partial charge on any atom is -0.368 e. The molecule has 0 atom stereocenters. The Morgan fingerprint density at radius 2 is 1.78 bits per heavy atom. The molecule has 0 radical (unpaired) electrons. The van der Waals surface area contributed by atoms with E-state index in [1.54, 1.807) is 45.2 Å². The van der Waals surface area contributed by atoms with Crippen molar-refractivity contribution in [3.63, 3.8) is 0 Å². The van der Waals surface area contributed by atoms with E-state index in [0.717, 1.165) is 5.56 Å². The number of likely N-dealkylation sites (N-methyl/N-ethyl adjacent to an activating group) is 1. The number of benzene rings is 1. The molecule has 18 heavy (non-hydrogen) atoms. The lowest BCUT2D eigenvalue weighted by atomic mass is 9.83. The zero-order chi connectivity index (χ0) is 13.9. The fourth-order valence-corrected chi connectivity index (χ4v) is 1.90. The second-order valence-electron chi connectivity index (χ2n) is 4.76. The molecular formula is C13H17ClN2O2. The number of amides is 2. The van der Waals surface area contributed by atoms with Crippen LogP contribution in [-0.2, 0) is 15.0 Å². The molecule has 1 aromatic rings. The summed E-state index contributed by atoms with van der Waals surface area (Å²) >= 11 is 5.82. The molecule has 0 aliphatic heterocycles. The van der Waals surface area contributed by atoms with Gasteiger partial charge in [-0.1, -0.05) is 23.7 Å². The van der Waals surface area contributed by atoms with Gasteiger partial charge < -0.3 is 10.6 Å². The van der Waals surface area contributed by atoms with Crippen LogP contribution in [0.4, 0.5) is 0 Å². The molecule has 0 fully saturated rings. The molecule has 2 N–H and O–H groups in total. The van der Waals surface area contributed by atoms with Crippen LogP contribution < -0.4 is 5.73 Å². The summed E-state index contributed by atoms with van der Waals surface area (Å²) in [6.45, 7) is 3.52. The predicted molar refractivity (Wildman–Crippen MR) is 71.3 cm³/mol. The lowest BCUT2D eigenvalue weighted by molar-refractivity contribution is -0.137. The topological polar surface area (TPSA) is 63.4 Å². The summed E-state index contributed by atoms with van der Waals surface area (Å²) in [5.74, 6) is -0.693. The van der Waals surface area contributed by atoms with Gasteiger partial charge >= 0.3 is 0 Å². The van der Waals surface area contributed by atoms with E-state index >= 15 is 0 Å². The van der Waals surface area contributed by atoms with E-state index in [0.29, 0.717) is 5.02 Å². The number of rotatable bonds is 4. The van der Waals surface area contributed by atoms with Crippen LogP contribution in [0.25, 0.3) is 0 Å². The van der Waals surface area contributed by atoms with Gasteiger partial charge in [0.15, 0.2) is 0 Å². The Labute approximate surface area is 112 Å². The maximum Gasteiger partial charge on any atom is 0.237 e. The van der Waals surface area contributed by atoms with Gasteiger partial charge in [-0.25, -0.2) is 0 Å². The molecule has 0 heterocycles.